The van der Waals surface area contributed by atoms with E-state index in [1.165, 1.54) is 18.6 Å². The first-order valence-electron chi connectivity index (χ1n) is 10.7. The first-order valence-corrected chi connectivity index (χ1v) is 11.7. The zero-order chi connectivity index (χ0) is 20.5. The Morgan fingerprint density at radius 1 is 1.43 bits per heavy atom. The second-order valence-electron chi connectivity index (χ2n) is 7.93. The van der Waals surface area contributed by atoms with Gasteiger partial charge in [0.2, 0.25) is 0 Å². The number of piperidine rings is 1. The van der Waals surface area contributed by atoms with Gasteiger partial charge in [0.25, 0.3) is 0 Å². The molecular weight excluding hydrogens is 515 g/mol. The maximum atomic E-state index is 11.9. The normalized spacial score (nSPS) is 22.5. The minimum Gasteiger partial charge on any atom is -0.469 e. The van der Waals surface area contributed by atoms with Gasteiger partial charge in [-0.05, 0) is 57.4 Å². The number of thioether (sulfide) groups is 1. The van der Waals surface area contributed by atoms with Crippen molar-refractivity contribution in [3.63, 3.8) is 0 Å². The van der Waals surface area contributed by atoms with Crippen molar-refractivity contribution in [2.24, 2.45) is 4.99 Å². The van der Waals surface area contributed by atoms with Gasteiger partial charge in [0.15, 0.2) is 5.96 Å². The van der Waals surface area contributed by atoms with E-state index in [1.54, 1.807) is 11.2 Å². The van der Waals surface area contributed by atoms with Crippen molar-refractivity contribution < 1.29 is 13.9 Å². The zero-order valence-electron chi connectivity index (χ0n) is 18.0. The topological polar surface area (TPSA) is 79.1 Å². The molecule has 3 rings (SSSR count). The standard InChI is InChI=1S/C21H34N4O3S.HI/c1-3-27-20(26)25-12-8-17(9-13-25)24-19(22-11-7-18-6-4-14-28-18)23-16-21(2)10-5-15-29-21;/h4,6,14,17H,3,5,7-13,15-16H2,1-2H3,(H2,22,23,24);1H. The van der Waals surface area contributed by atoms with Crippen LogP contribution in [0.25, 0.3) is 0 Å². The van der Waals surface area contributed by atoms with E-state index in [-0.39, 0.29) is 34.8 Å². The average Bonchev–Trinajstić information content (AvgIpc) is 3.39. The molecule has 1 atom stereocenters. The molecule has 0 bridgehead atoms. The maximum absolute atomic E-state index is 11.9. The number of guanidine groups is 1. The molecule has 2 saturated heterocycles. The van der Waals surface area contributed by atoms with Crippen LogP contribution in [0.5, 0.6) is 0 Å². The summed E-state index contributed by atoms with van der Waals surface area (Å²) in [6.07, 6.45) is 6.60. The fourth-order valence-corrected chi connectivity index (χ4v) is 4.96. The highest BCUT2D eigenvalue weighted by atomic mass is 127. The summed E-state index contributed by atoms with van der Waals surface area (Å²) in [5.74, 6) is 3.06. The van der Waals surface area contributed by atoms with Crippen LogP contribution in [0, 0.1) is 0 Å². The second kappa shape index (κ2) is 12.7. The Balaban J connectivity index is 0.00000320. The van der Waals surface area contributed by atoms with Crippen LogP contribution < -0.4 is 10.6 Å². The SMILES string of the molecule is CCOC(=O)N1CCC(NC(=NCC2(C)CCCS2)NCCc2ccco2)CC1.I. The Kier molecular flexibility index (Phi) is 10.6. The fraction of sp³-hybridized carbons (Fsp3) is 0.714. The zero-order valence-corrected chi connectivity index (χ0v) is 21.2. The number of amides is 1. The number of likely N-dealkylation sites (tertiary alicyclic amines) is 1. The number of nitrogens with one attached hydrogen (secondary N) is 2. The molecular formula is C21H35IN4O3S. The van der Waals surface area contributed by atoms with Gasteiger partial charge >= 0.3 is 6.09 Å². The smallest absolute Gasteiger partial charge is 0.409 e. The van der Waals surface area contributed by atoms with Crippen LogP contribution in [0.15, 0.2) is 27.8 Å². The lowest BCUT2D eigenvalue weighted by Gasteiger charge is -2.32. The van der Waals surface area contributed by atoms with Crippen LogP contribution in [0.3, 0.4) is 0 Å². The molecule has 2 aliphatic rings. The largest absolute Gasteiger partial charge is 0.469 e. The monoisotopic (exact) mass is 550 g/mol. The molecule has 1 aromatic rings. The number of rotatable bonds is 7. The molecule has 3 heterocycles. The number of aliphatic imine (C=N–C) groups is 1. The van der Waals surface area contributed by atoms with Crippen LogP contribution in [-0.2, 0) is 11.2 Å². The molecule has 7 nitrogen and oxygen atoms in total. The summed E-state index contributed by atoms with van der Waals surface area (Å²) in [5, 5.41) is 7.05. The van der Waals surface area contributed by atoms with E-state index in [1.807, 2.05) is 30.8 Å². The van der Waals surface area contributed by atoms with Crippen LogP contribution in [0.1, 0.15) is 45.3 Å². The summed E-state index contributed by atoms with van der Waals surface area (Å²) in [5.41, 5.74) is 0. The minimum atomic E-state index is -0.206. The number of nitrogens with zero attached hydrogens (tertiary/aromatic N) is 2. The third-order valence-corrected chi connectivity index (χ3v) is 7.00. The van der Waals surface area contributed by atoms with Gasteiger partial charge in [-0.3, -0.25) is 4.99 Å². The lowest BCUT2D eigenvalue weighted by atomic mass is 10.1. The minimum absolute atomic E-state index is 0. The molecule has 0 aromatic carbocycles. The van der Waals surface area contributed by atoms with Crippen LogP contribution in [-0.4, -0.2) is 66.3 Å². The molecule has 9 heteroatoms. The molecule has 2 N–H and O–H groups in total. The van der Waals surface area contributed by atoms with E-state index in [0.717, 1.165) is 44.1 Å². The number of carbonyl (C=O) groups excluding carboxylic acids is 1. The molecule has 2 aliphatic heterocycles. The molecule has 2 fully saturated rings. The van der Waals surface area contributed by atoms with Gasteiger partial charge < -0.3 is 24.7 Å². The molecule has 170 valence electrons. The predicted molar refractivity (Wildman–Crippen MR) is 133 cm³/mol. The van der Waals surface area contributed by atoms with E-state index in [4.69, 9.17) is 14.1 Å². The van der Waals surface area contributed by atoms with Gasteiger partial charge in [-0.25, -0.2) is 4.79 Å². The Bertz CT molecular complexity index is 657. The van der Waals surface area contributed by atoms with Gasteiger partial charge in [0.1, 0.15) is 5.76 Å². The van der Waals surface area contributed by atoms with Gasteiger partial charge in [0.05, 0.1) is 19.4 Å². The van der Waals surface area contributed by atoms with Gasteiger partial charge in [-0.2, -0.15) is 11.8 Å². The highest BCUT2D eigenvalue weighted by Crippen LogP contribution is 2.37. The van der Waals surface area contributed by atoms with E-state index in [0.29, 0.717) is 25.7 Å². The number of hydrogen-bond acceptors (Lipinski definition) is 5. The van der Waals surface area contributed by atoms with Gasteiger partial charge in [-0.15, -0.1) is 24.0 Å². The molecule has 0 saturated carbocycles. The average molecular weight is 551 g/mol. The van der Waals surface area contributed by atoms with E-state index >= 15 is 0 Å². The third kappa shape index (κ3) is 7.86. The van der Waals surface area contributed by atoms with E-state index in [9.17, 15) is 4.79 Å². The number of ether oxygens (including phenoxy) is 1. The first kappa shape index (κ1) is 25.2. The quantitative estimate of drug-likeness (QED) is 0.305. The highest BCUT2D eigenvalue weighted by molar-refractivity contribution is 14.0. The summed E-state index contributed by atoms with van der Waals surface area (Å²) >= 11 is 2.03. The van der Waals surface area contributed by atoms with Crippen molar-refractivity contribution in [2.45, 2.75) is 56.7 Å². The Morgan fingerprint density at radius 2 is 2.23 bits per heavy atom. The van der Waals surface area contributed by atoms with Crippen LogP contribution in [0.2, 0.25) is 0 Å². The molecule has 1 unspecified atom stereocenters. The van der Waals surface area contributed by atoms with Crippen molar-refractivity contribution in [1.82, 2.24) is 15.5 Å². The number of carbonyl (C=O) groups is 1. The van der Waals surface area contributed by atoms with E-state index < -0.39 is 0 Å². The molecule has 1 amide bonds. The van der Waals surface area contributed by atoms with Crippen molar-refractivity contribution in [3.05, 3.63) is 24.2 Å². The van der Waals surface area contributed by atoms with Crippen molar-refractivity contribution >= 4 is 47.8 Å². The number of halogens is 1. The first-order chi connectivity index (χ1) is 14.1. The van der Waals surface area contributed by atoms with Crippen molar-refractivity contribution in [3.8, 4) is 0 Å². The summed E-state index contributed by atoms with van der Waals surface area (Å²) in [7, 11) is 0. The molecule has 0 radical (unpaired) electrons. The molecule has 1 aromatic heterocycles. The van der Waals surface area contributed by atoms with Gasteiger partial charge in [0, 0.05) is 36.8 Å². The summed E-state index contributed by atoms with van der Waals surface area (Å²) < 4.78 is 10.8. The molecule has 0 spiro atoms. The van der Waals surface area contributed by atoms with Crippen molar-refractivity contribution in [1.29, 1.82) is 0 Å². The Hall–Kier alpha value is -1.10. The van der Waals surface area contributed by atoms with E-state index in [2.05, 4.69) is 17.6 Å². The lowest BCUT2D eigenvalue weighted by Crippen LogP contribution is -2.50. The van der Waals surface area contributed by atoms with Crippen molar-refractivity contribution in [2.75, 3.05) is 38.5 Å². The molecule has 0 aliphatic carbocycles. The third-order valence-electron chi connectivity index (χ3n) is 5.48. The van der Waals surface area contributed by atoms with Crippen LogP contribution in [0.4, 0.5) is 4.79 Å². The maximum Gasteiger partial charge on any atom is 0.409 e. The fourth-order valence-electron chi connectivity index (χ4n) is 3.73. The number of hydrogen-bond donors (Lipinski definition) is 2. The summed E-state index contributed by atoms with van der Waals surface area (Å²) in [4.78, 5) is 18.6. The lowest BCUT2D eigenvalue weighted by molar-refractivity contribution is 0.0963. The summed E-state index contributed by atoms with van der Waals surface area (Å²) in [6, 6.07) is 4.21. The predicted octanol–water partition coefficient (Wildman–Crippen LogP) is 3.88. The Morgan fingerprint density at radius 3 is 2.87 bits per heavy atom. The van der Waals surface area contributed by atoms with Crippen LogP contribution >= 0.6 is 35.7 Å². The highest BCUT2D eigenvalue weighted by Gasteiger charge is 2.29. The van der Waals surface area contributed by atoms with Gasteiger partial charge in [-0.1, -0.05) is 0 Å². The number of furan rings is 1. The second-order valence-corrected chi connectivity index (χ2v) is 9.61. The summed E-state index contributed by atoms with van der Waals surface area (Å²) in [6.45, 7) is 7.58. The Labute approximate surface area is 201 Å². The molecule has 30 heavy (non-hydrogen) atoms.